The Morgan fingerprint density at radius 1 is 1.22 bits per heavy atom. The summed E-state index contributed by atoms with van der Waals surface area (Å²) in [6.45, 7) is 8.55. The van der Waals surface area contributed by atoms with Crippen molar-refractivity contribution in [2.24, 2.45) is 5.41 Å². The summed E-state index contributed by atoms with van der Waals surface area (Å²) in [6.07, 6.45) is 1.27. The maximum atomic E-state index is 12.2. The molecule has 2 rings (SSSR count). The molecule has 2 aliphatic rings. The van der Waals surface area contributed by atoms with Crippen molar-refractivity contribution < 1.29 is 14.3 Å². The number of ether oxygens (including phenoxy) is 1. The van der Waals surface area contributed by atoms with Gasteiger partial charge in [-0.25, -0.2) is 0 Å². The molecule has 0 aromatic carbocycles. The van der Waals surface area contributed by atoms with Crippen molar-refractivity contribution in [1.82, 2.24) is 4.90 Å². The van der Waals surface area contributed by atoms with Crippen molar-refractivity contribution in [3.8, 4) is 0 Å². The zero-order chi connectivity index (χ0) is 13.3. The highest BCUT2D eigenvalue weighted by Gasteiger charge is 2.36. The van der Waals surface area contributed by atoms with E-state index in [2.05, 4.69) is 18.7 Å². The molecule has 0 amide bonds. The van der Waals surface area contributed by atoms with Crippen molar-refractivity contribution in [2.75, 3.05) is 26.3 Å². The highest BCUT2D eigenvalue weighted by Crippen LogP contribution is 2.38. The number of Topliss-reactive ketones (excluding diaryl/α,β-unsaturated/α-hetero) is 2. The molecule has 1 fully saturated rings. The molecule has 1 saturated heterocycles. The third kappa shape index (κ3) is 2.64. The molecule has 18 heavy (non-hydrogen) atoms. The minimum Gasteiger partial charge on any atom is -0.378 e. The minimum atomic E-state index is -0.100. The van der Waals surface area contributed by atoms with E-state index < -0.39 is 0 Å². The van der Waals surface area contributed by atoms with Gasteiger partial charge in [-0.1, -0.05) is 13.8 Å². The smallest absolute Gasteiger partial charge is 0.168 e. The first-order valence-corrected chi connectivity index (χ1v) is 6.51. The summed E-state index contributed by atoms with van der Waals surface area (Å²) < 4.78 is 5.33. The van der Waals surface area contributed by atoms with Crippen LogP contribution in [0.25, 0.3) is 0 Å². The number of carbonyl (C=O) groups is 2. The summed E-state index contributed by atoms with van der Waals surface area (Å²) in [5.74, 6) is -0.0998. The van der Waals surface area contributed by atoms with Crippen molar-refractivity contribution >= 4 is 11.6 Å². The van der Waals surface area contributed by atoms with E-state index in [-0.39, 0.29) is 17.0 Å². The van der Waals surface area contributed by atoms with Crippen LogP contribution in [0.2, 0.25) is 0 Å². The predicted molar refractivity (Wildman–Crippen MR) is 68.1 cm³/mol. The van der Waals surface area contributed by atoms with Gasteiger partial charge in [0.05, 0.1) is 18.8 Å². The Labute approximate surface area is 108 Å². The van der Waals surface area contributed by atoms with Crippen LogP contribution in [0.1, 0.15) is 33.6 Å². The molecule has 0 saturated carbocycles. The van der Waals surface area contributed by atoms with E-state index in [0.717, 1.165) is 25.2 Å². The number of allylic oxidation sites excluding steroid dienone is 2. The van der Waals surface area contributed by atoms with Crippen LogP contribution < -0.4 is 0 Å². The second-order valence-electron chi connectivity index (χ2n) is 5.92. The number of rotatable bonds is 2. The van der Waals surface area contributed by atoms with Crippen molar-refractivity contribution in [3.63, 3.8) is 0 Å². The first-order chi connectivity index (χ1) is 8.41. The maximum Gasteiger partial charge on any atom is 0.168 e. The van der Waals surface area contributed by atoms with Gasteiger partial charge in [0.25, 0.3) is 0 Å². The minimum absolute atomic E-state index is 0.000224. The quantitative estimate of drug-likeness (QED) is 0.699. The zero-order valence-electron chi connectivity index (χ0n) is 11.4. The van der Waals surface area contributed by atoms with Crippen LogP contribution in [0, 0.1) is 5.41 Å². The van der Waals surface area contributed by atoms with Gasteiger partial charge in [-0.3, -0.25) is 9.59 Å². The van der Waals surface area contributed by atoms with E-state index >= 15 is 0 Å². The number of morpholine rings is 1. The van der Waals surface area contributed by atoms with Gasteiger partial charge in [0.1, 0.15) is 0 Å². The van der Waals surface area contributed by atoms with Crippen molar-refractivity contribution in [1.29, 1.82) is 0 Å². The van der Waals surface area contributed by atoms with Gasteiger partial charge >= 0.3 is 0 Å². The lowest BCUT2D eigenvalue weighted by Gasteiger charge is -2.39. The van der Waals surface area contributed by atoms with Crippen LogP contribution in [0.15, 0.2) is 11.3 Å². The van der Waals surface area contributed by atoms with E-state index in [4.69, 9.17) is 4.74 Å². The van der Waals surface area contributed by atoms with E-state index in [1.807, 2.05) is 0 Å². The molecule has 4 nitrogen and oxygen atoms in total. The summed E-state index contributed by atoms with van der Waals surface area (Å²) in [6, 6.07) is 0. The molecule has 0 radical (unpaired) electrons. The average Bonchev–Trinajstić information content (AvgIpc) is 2.27. The lowest BCUT2D eigenvalue weighted by Crippen LogP contribution is -2.41. The summed E-state index contributed by atoms with van der Waals surface area (Å²) in [5.41, 5.74) is 1.31. The summed E-state index contributed by atoms with van der Waals surface area (Å²) >= 11 is 0. The van der Waals surface area contributed by atoms with Gasteiger partial charge in [0.2, 0.25) is 0 Å². The Bertz CT molecular complexity index is 403. The van der Waals surface area contributed by atoms with E-state index in [9.17, 15) is 9.59 Å². The molecule has 0 aromatic heterocycles. The molecule has 1 heterocycles. The summed E-state index contributed by atoms with van der Waals surface area (Å²) in [7, 11) is 0. The van der Waals surface area contributed by atoms with Crippen LogP contribution in [-0.2, 0) is 14.3 Å². The van der Waals surface area contributed by atoms with Crippen LogP contribution >= 0.6 is 0 Å². The molecule has 0 spiro atoms. The molecule has 1 aliphatic heterocycles. The SMILES string of the molecule is CC(=O)C1=C(N2CCOCC2)CC(C)(C)CC1=O. The topological polar surface area (TPSA) is 46.6 Å². The van der Waals surface area contributed by atoms with Gasteiger partial charge in [0.15, 0.2) is 11.6 Å². The summed E-state index contributed by atoms with van der Waals surface area (Å²) in [5, 5.41) is 0. The third-order valence-electron chi connectivity index (χ3n) is 3.60. The number of carbonyl (C=O) groups excluding carboxylic acids is 2. The largest absolute Gasteiger partial charge is 0.378 e. The van der Waals surface area contributed by atoms with Gasteiger partial charge < -0.3 is 9.64 Å². The normalized spacial score (nSPS) is 24.4. The van der Waals surface area contributed by atoms with E-state index in [1.54, 1.807) is 0 Å². The predicted octanol–water partition coefficient (Wildman–Crippen LogP) is 1.55. The highest BCUT2D eigenvalue weighted by atomic mass is 16.5. The van der Waals surface area contributed by atoms with Gasteiger partial charge in [0, 0.05) is 25.2 Å². The third-order valence-corrected chi connectivity index (χ3v) is 3.60. The Hall–Kier alpha value is -1.16. The monoisotopic (exact) mass is 251 g/mol. The standard InChI is InChI=1S/C14H21NO3/c1-10(16)13-11(15-4-6-18-7-5-15)8-14(2,3)9-12(13)17/h4-9H2,1-3H3. The van der Waals surface area contributed by atoms with E-state index in [0.29, 0.717) is 25.2 Å². The number of ketones is 2. The van der Waals surface area contributed by atoms with Crippen LogP contribution in [0.3, 0.4) is 0 Å². The van der Waals surface area contributed by atoms with Crippen LogP contribution in [0.4, 0.5) is 0 Å². The highest BCUT2D eigenvalue weighted by molar-refractivity contribution is 6.20. The van der Waals surface area contributed by atoms with Gasteiger partial charge in [-0.05, 0) is 18.8 Å². The first kappa shape index (κ1) is 13.3. The number of hydrogen-bond acceptors (Lipinski definition) is 4. The zero-order valence-corrected chi connectivity index (χ0v) is 11.4. The number of nitrogens with zero attached hydrogens (tertiary/aromatic N) is 1. The lowest BCUT2D eigenvalue weighted by molar-refractivity contribution is -0.122. The molecule has 0 atom stereocenters. The lowest BCUT2D eigenvalue weighted by atomic mass is 9.74. The Morgan fingerprint density at radius 2 is 1.83 bits per heavy atom. The van der Waals surface area contributed by atoms with Crippen molar-refractivity contribution in [3.05, 3.63) is 11.3 Å². The number of hydrogen-bond donors (Lipinski definition) is 0. The molecule has 0 bridgehead atoms. The molecule has 100 valence electrons. The van der Waals surface area contributed by atoms with Crippen LogP contribution in [0.5, 0.6) is 0 Å². The molecule has 0 unspecified atom stereocenters. The Balaban J connectivity index is 2.37. The van der Waals surface area contributed by atoms with E-state index in [1.165, 1.54) is 6.92 Å². The van der Waals surface area contributed by atoms with Crippen LogP contribution in [-0.4, -0.2) is 42.8 Å². The molecular weight excluding hydrogens is 230 g/mol. The fraction of sp³-hybridized carbons (Fsp3) is 0.714. The Morgan fingerprint density at radius 3 is 2.39 bits per heavy atom. The molecule has 0 aromatic rings. The van der Waals surface area contributed by atoms with Crippen molar-refractivity contribution in [2.45, 2.75) is 33.6 Å². The first-order valence-electron chi connectivity index (χ1n) is 6.51. The second-order valence-corrected chi connectivity index (χ2v) is 5.92. The fourth-order valence-corrected chi connectivity index (χ4v) is 2.79. The Kier molecular flexibility index (Phi) is 3.57. The second kappa shape index (κ2) is 4.84. The molecule has 1 aliphatic carbocycles. The summed E-state index contributed by atoms with van der Waals surface area (Å²) in [4.78, 5) is 26.1. The molecular formula is C14H21NO3. The molecule has 0 N–H and O–H groups in total. The fourth-order valence-electron chi connectivity index (χ4n) is 2.79. The van der Waals surface area contributed by atoms with Gasteiger partial charge in [-0.2, -0.15) is 0 Å². The molecule has 4 heteroatoms. The average molecular weight is 251 g/mol. The van der Waals surface area contributed by atoms with Gasteiger partial charge in [-0.15, -0.1) is 0 Å². The maximum absolute atomic E-state index is 12.2.